The fourth-order valence-corrected chi connectivity index (χ4v) is 3.17. The summed E-state index contributed by atoms with van der Waals surface area (Å²) in [5.41, 5.74) is 1.96. The highest BCUT2D eigenvalue weighted by molar-refractivity contribution is 6.03. The first-order valence-electron chi connectivity index (χ1n) is 6.15. The minimum Gasteiger partial charge on any atom is -0.296 e. The molecule has 3 nitrogen and oxygen atoms in total. The molecule has 1 saturated heterocycles. The van der Waals surface area contributed by atoms with Gasteiger partial charge in [0.05, 0.1) is 5.41 Å². The summed E-state index contributed by atoms with van der Waals surface area (Å²) < 4.78 is 0. The minimum atomic E-state index is -0.442. The lowest BCUT2D eigenvalue weighted by Gasteiger charge is -2.40. The number of hydrogen-bond donors (Lipinski definition) is 1. The van der Waals surface area contributed by atoms with Gasteiger partial charge in [0.1, 0.15) is 0 Å². The first kappa shape index (κ1) is 10.5. The zero-order chi connectivity index (χ0) is 11.9. The van der Waals surface area contributed by atoms with Crippen LogP contribution < -0.4 is 5.32 Å². The maximum atomic E-state index is 12.2. The van der Waals surface area contributed by atoms with Gasteiger partial charge in [0.2, 0.25) is 11.8 Å². The second-order valence-electron chi connectivity index (χ2n) is 4.97. The van der Waals surface area contributed by atoms with Gasteiger partial charge >= 0.3 is 0 Å². The van der Waals surface area contributed by atoms with Crippen molar-refractivity contribution in [1.82, 2.24) is 5.32 Å². The van der Waals surface area contributed by atoms with Crippen LogP contribution in [0.3, 0.4) is 0 Å². The standard InChI is InChI=1S/C14H15NO2/c16-12-7-9-14(13(17)15-12)8-3-5-10-4-1-2-6-11(10)14/h1-2,4,6H,3,5,7-9H2,(H,15,16,17)/t14-/m0/s1. The van der Waals surface area contributed by atoms with E-state index < -0.39 is 5.41 Å². The van der Waals surface area contributed by atoms with E-state index in [0.717, 1.165) is 24.8 Å². The summed E-state index contributed by atoms with van der Waals surface area (Å²) in [6.07, 6.45) is 4.05. The molecule has 1 aromatic carbocycles. The summed E-state index contributed by atoms with van der Waals surface area (Å²) in [7, 11) is 0. The Morgan fingerprint density at radius 1 is 1.06 bits per heavy atom. The van der Waals surface area contributed by atoms with Gasteiger partial charge in [-0.3, -0.25) is 14.9 Å². The minimum absolute atomic E-state index is 0.0964. The Hall–Kier alpha value is -1.64. The maximum absolute atomic E-state index is 12.2. The second kappa shape index (κ2) is 3.69. The van der Waals surface area contributed by atoms with Crippen molar-refractivity contribution in [1.29, 1.82) is 0 Å². The first-order valence-corrected chi connectivity index (χ1v) is 6.15. The molecule has 0 aromatic heterocycles. The SMILES string of the molecule is O=C1CC[C@]2(CCCc3ccccc32)C(=O)N1. The van der Waals surface area contributed by atoms with Gasteiger partial charge in [0.15, 0.2) is 0 Å². The Kier molecular flexibility index (Phi) is 2.28. The van der Waals surface area contributed by atoms with Gasteiger partial charge in [-0.2, -0.15) is 0 Å². The molecule has 1 atom stereocenters. The predicted octanol–water partition coefficient (Wildman–Crippen LogP) is 1.70. The van der Waals surface area contributed by atoms with Crippen LogP contribution in [0.25, 0.3) is 0 Å². The molecular formula is C14H15NO2. The largest absolute Gasteiger partial charge is 0.296 e. The second-order valence-corrected chi connectivity index (χ2v) is 4.97. The Balaban J connectivity index is 2.09. The first-order chi connectivity index (χ1) is 8.22. The van der Waals surface area contributed by atoms with E-state index in [0.29, 0.717) is 12.8 Å². The van der Waals surface area contributed by atoms with E-state index in [9.17, 15) is 9.59 Å². The molecule has 0 unspecified atom stereocenters. The summed E-state index contributed by atoms with van der Waals surface area (Å²) in [4.78, 5) is 23.5. The van der Waals surface area contributed by atoms with E-state index in [2.05, 4.69) is 11.4 Å². The van der Waals surface area contributed by atoms with Crippen molar-refractivity contribution in [3.63, 3.8) is 0 Å². The number of piperidine rings is 1. The van der Waals surface area contributed by atoms with Crippen LogP contribution >= 0.6 is 0 Å². The van der Waals surface area contributed by atoms with Crippen LogP contribution in [0.2, 0.25) is 0 Å². The van der Waals surface area contributed by atoms with E-state index in [-0.39, 0.29) is 11.8 Å². The Bertz CT molecular complexity index is 495. The third kappa shape index (κ3) is 1.49. The van der Waals surface area contributed by atoms with Crippen molar-refractivity contribution in [3.05, 3.63) is 35.4 Å². The van der Waals surface area contributed by atoms with Crippen molar-refractivity contribution in [3.8, 4) is 0 Å². The molecule has 17 heavy (non-hydrogen) atoms. The topological polar surface area (TPSA) is 46.2 Å². The van der Waals surface area contributed by atoms with Gasteiger partial charge in [-0.05, 0) is 36.8 Å². The number of hydrogen-bond acceptors (Lipinski definition) is 2. The Labute approximate surface area is 100 Å². The van der Waals surface area contributed by atoms with Gasteiger partial charge < -0.3 is 0 Å². The van der Waals surface area contributed by atoms with Gasteiger partial charge in [-0.25, -0.2) is 0 Å². The number of nitrogens with one attached hydrogen (secondary N) is 1. The molecule has 1 aliphatic carbocycles. The summed E-state index contributed by atoms with van der Waals surface area (Å²) in [6, 6.07) is 8.14. The molecule has 1 spiro atoms. The maximum Gasteiger partial charge on any atom is 0.237 e. The lowest BCUT2D eigenvalue weighted by Crippen LogP contribution is -2.52. The molecule has 2 aliphatic rings. The molecule has 1 aromatic rings. The fraction of sp³-hybridized carbons (Fsp3) is 0.429. The molecule has 1 fully saturated rings. The summed E-state index contributed by atoms with van der Waals surface area (Å²) >= 11 is 0. The molecule has 1 heterocycles. The number of benzene rings is 1. The summed E-state index contributed by atoms with van der Waals surface area (Å²) in [6.45, 7) is 0. The van der Waals surface area contributed by atoms with Crippen molar-refractivity contribution < 1.29 is 9.59 Å². The number of fused-ring (bicyclic) bond motifs is 2. The molecule has 3 rings (SSSR count). The smallest absolute Gasteiger partial charge is 0.237 e. The highest BCUT2D eigenvalue weighted by Gasteiger charge is 2.46. The van der Waals surface area contributed by atoms with Crippen LogP contribution in [0.1, 0.15) is 36.8 Å². The number of imide groups is 1. The van der Waals surface area contributed by atoms with Crippen LogP contribution in [0.5, 0.6) is 0 Å². The predicted molar refractivity (Wildman–Crippen MR) is 63.4 cm³/mol. The molecule has 0 bridgehead atoms. The van der Waals surface area contributed by atoms with Crippen molar-refractivity contribution >= 4 is 11.8 Å². The highest BCUT2D eigenvalue weighted by atomic mass is 16.2. The zero-order valence-electron chi connectivity index (χ0n) is 9.66. The van der Waals surface area contributed by atoms with Crippen molar-refractivity contribution in [2.24, 2.45) is 0 Å². The lowest BCUT2D eigenvalue weighted by atomic mass is 9.65. The third-order valence-corrected chi connectivity index (χ3v) is 4.05. The van der Waals surface area contributed by atoms with Gasteiger partial charge in [-0.15, -0.1) is 0 Å². The number of rotatable bonds is 0. The van der Waals surface area contributed by atoms with E-state index >= 15 is 0 Å². The van der Waals surface area contributed by atoms with Crippen LogP contribution in [-0.4, -0.2) is 11.8 Å². The van der Waals surface area contributed by atoms with Gasteiger partial charge in [-0.1, -0.05) is 24.3 Å². The van der Waals surface area contributed by atoms with E-state index in [1.54, 1.807) is 0 Å². The fourth-order valence-electron chi connectivity index (χ4n) is 3.17. The highest BCUT2D eigenvalue weighted by Crippen LogP contribution is 2.42. The van der Waals surface area contributed by atoms with Crippen LogP contribution in [-0.2, 0) is 21.4 Å². The normalized spacial score (nSPS) is 27.8. The Morgan fingerprint density at radius 3 is 2.71 bits per heavy atom. The molecule has 0 saturated carbocycles. The van der Waals surface area contributed by atoms with Crippen molar-refractivity contribution in [2.75, 3.05) is 0 Å². The molecular weight excluding hydrogens is 214 g/mol. The number of aryl methyl sites for hydroxylation is 1. The molecule has 0 radical (unpaired) electrons. The van der Waals surface area contributed by atoms with Crippen molar-refractivity contribution in [2.45, 2.75) is 37.5 Å². The average molecular weight is 229 g/mol. The average Bonchev–Trinajstić information content (AvgIpc) is 2.35. The molecule has 1 N–H and O–H groups in total. The molecule has 1 aliphatic heterocycles. The van der Waals surface area contributed by atoms with Crippen LogP contribution in [0.4, 0.5) is 0 Å². The summed E-state index contributed by atoms with van der Waals surface area (Å²) in [5, 5.41) is 2.50. The van der Waals surface area contributed by atoms with E-state index in [1.165, 1.54) is 5.56 Å². The van der Waals surface area contributed by atoms with E-state index in [1.807, 2.05) is 18.2 Å². The van der Waals surface area contributed by atoms with Gasteiger partial charge in [0.25, 0.3) is 0 Å². The number of amides is 2. The lowest BCUT2D eigenvalue weighted by molar-refractivity contribution is -0.138. The zero-order valence-corrected chi connectivity index (χ0v) is 9.66. The van der Waals surface area contributed by atoms with Crippen LogP contribution in [0, 0.1) is 0 Å². The van der Waals surface area contributed by atoms with Gasteiger partial charge in [0, 0.05) is 6.42 Å². The summed E-state index contributed by atoms with van der Waals surface area (Å²) in [5.74, 6) is -0.232. The monoisotopic (exact) mass is 229 g/mol. The quantitative estimate of drug-likeness (QED) is 0.688. The molecule has 3 heteroatoms. The number of carbonyl (C=O) groups excluding carboxylic acids is 2. The van der Waals surface area contributed by atoms with E-state index in [4.69, 9.17) is 0 Å². The number of carbonyl (C=O) groups is 2. The Morgan fingerprint density at radius 2 is 1.88 bits per heavy atom. The molecule has 2 amide bonds. The van der Waals surface area contributed by atoms with Crippen LogP contribution in [0.15, 0.2) is 24.3 Å². The molecule has 88 valence electrons. The third-order valence-electron chi connectivity index (χ3n) is 4.05.